The summed E-state index contributed by atoms with van der Waals surface area (Å²) in [4.78, 5) is 0. The lowest BCUT2D eigenvalue weighted by molar-refractivity contribution is 0.308. The summed E-state index contributed by atoms with van der Waals surface area (Å²) >= 11 is 0. The Labute approximate surface area is 105 Å². The molecule has 3 heteroatoms. The quantitative estimate of drug-likeness (QED) is 0.759. The van der Waals surface area contributed by atoms with Crippen LogP contribution in [0.5, 0.6) is 5.75 Å². The summed E-state index contributed by atoms with van der Waals surface area (Å²) in [5.74, 6) is 0.908. The Hall–Kier alpha value is -2.29. The van der Waals surface area contributed by atoms with Crippen LogP contribution < -0.4 is 4.74 Å². The summed E-state index contributed by atoms with van der Waals surface area (Å²) in [6.07, 6.45) is 1.81. The predicted octanol–water partition coefficient (Wildman–Crippen LogP) is 3.45. The van der Waals surface area contributed by atoms with Gasteiger partial charge in [0.15, 0.2) is 0 Å². The van der Waals surface area contributed by atoms with E-state index in [0.29, 0.717) is 6.61 Å². The Morgan fingerprint density at radius 3 is 2.78 bits per heavy atom. The van der Waals surface area contributed by atoms with Crippen LogP contribution in [0.15, 0.2) is 48.7 Å². The number of benzene rings is 2. The maximum atomic E-state index is 5.93. The van der Waals surface area contributed by atoms with E-state index < -0.39 is 0 Å². The second-order valence-corrected chi connectivity index (χ2v) is 4.32. The molecule has 0 aliphatic rings. The van der Waals surface area contributed by atoms with Gasteiger partial charge in [0, 0.05) is 0 Å². The summed E-state index contributed by atoms with van der Waals surface area (Å²) in [7, 11) is 0. The van der Waals surface area contributed by atoms with E-state index in [-0.39, 0.29) is 0 Å². The van der Waals surface area contributed by atoms with Crippen molar-refractivity contribution >= 4 is 10.9 Å². The van der Waals surface area contributed by atoms with Crippen molar-refractivity contribution in [1.29, 1.82) is 0 Å². The van der Waals surface area contributed by atoms with Gasteiger partial charge in [0.25, 0.3) is 0 Å². The largest absolute Gasteiger partial charge is 0.488 e. The second-order valence-electron chi connectivity index (χ2n) is 4.32. The molecule has 0 amide bonds. The van der Waals surface area contributed by atoms with Crippen molar-refractivity contribution in [3.63, 3.8) is 0 Å². The first-order valence-corrected chi connectivity index (χ1v) is 5.94. The molecule has 0 saturated heterocycles. The van der Waals surface area contributed by atoms with E-state index in [2.05, 4.69) is 22.3 Å². The maximum Gasteiger partial charge on any atom is 0.133 e. The number of aryl methyl sites for hydroxylation is 1. The molecule has 3 nitrogen and oxygen atoms in total. The molecule has 1 heterocycles. The van der Waals surface area contributed by atoms with Gasteiger partial charge in [-0.3, -0.25) is 5.10 Å². The summed E-state index contributed by atoms with van der Waals surface area (Å²) in [5, 5.41) is 8.04. The van der Waals surface area contributed by atoms with Crippen molar-refractivity contribution in [3.8, 4) is 5.75 Å². The first kappa shape index (κ1) is 10.8. The molecule has 0 saturated carbocycles. The van der Waals surface area contributed by atoms with Gasteiger partial charge < -0.3 is 4.74 Å². The lowest BCUT2D eigenvalue weighted by atomic mass is 10.1. The zero-order chi connectivity index (χ0) is 12.4. The number of nitrogens with zero attached hydrogens (tertiary/aromatic N) is 1. The standard InChI is InChI=1S/C15H14N2O/c1-11-7-8-14-13(9-16-17-14)15(11)18-10-12-5-3-2-4-6-12/h2-9H,10H2,1H3,(H,16,17). The van der Waals surface area contributed by atoms with E-state index in [4.69, 9.17) is 4.74 Å². The second kappa shape index (κ2) is 4.53. The van der Waals surface area contributed by atoms with Crippen LogP contribution >= 0.6 is 0 Å². The van der Waals surface area contributed by atoms with Gasteiger partial charge in [-0.05, 0) is 24.1 Å². The van der Waals surface area contributed by atoms with E-state index in [1.807, 2.05) is 43.5 Å². The molecule has 0 spiro atoms. The van der Waals surface area contributed by atoms with E-state index in [1.165, 1.54) is 0 Å². The van der Waals surface area contributed by atoms with Crippen molar-refractivity contribution in [2.75, 3.05) is 0 Å². The number of hydrogen-bond acceptors (Lipinski definition) is 2. The molecule has 0 aliphatic carbocycles. The van der Waals surface area contributed by atoms with Gasteiger partial charge in [-0.25, -0.2) is 0 Å². The number of hydrogen-bond donors (Lipinski definition) is 1. The highest BCUT2D eigenvalue weighted by molar-refractivity contribution is 5.85. The fraction of sp³-hybridized carbons (Fsp3) is 0.133. The summed E-state index contributed by atoms with van der Waals surface area (Å²) in [6.45, 7) is 2.62. The number of fused-ring (bicyclic) bond motifs is 1. The number of H-pyrrole nitrogens is 1. The van der Waals surface area contributed by atoms with Crippen LogP contribution in [0.1, 0.15) is 11.1 Å². The van der Waals surface area contributed by atoms with Crippen LogP contribution in [-0.2, 0) is 6.61 Å². The summed E-state index contributed by atoms with van der Waals surface area (Å²) in [5.41, 5.74) is 3.29. The smallest absolute Gasteiger partial charge is 0.133 e. The Morgan fingerprint density at radius 2 is 1.94 bits per heavy atom. The molecular formula is C15H14N2O. The predicted molar refractivity (Wildman–Crippen MR) is 71.6 cm³/mol. The fourth-order valence-electron chi connectivity index (χ4n) is 2.02. The molecular weight excluding hydrogens is 224 g/mol. The zero-order valence-corrected chi connectivity index (χ0v) is 10.2. The highest BCUT2D eigenvalue weighted by Crippen LogP contribution is 2.28. The third-order valence-electron chi connectivity index (χ3n) is 3.00. The highest BCUT2D eigenvalue weighted by Gasteiger charge is 2.07. The number of aromatic nitrogens is 2. The van der Waals surface area contributed by atoms with Gasteiger partial charge >= 0.3 is 0 Å². The number of aromatic amines is 1. The van der Waals surface area contributed by atoms with Crippen molar-refractivity contribution < 1.29 is 4.74 Å². The van der Waals surface area contributed by atoms with E-state index in [0.717, 1.165) is 27.8 Å². The first-order valence-electron chi connectivity index (χ1n) is 5.94. The average molecular weight is 238 g/mol. The zero-order valence-electron chi connectivity index (χ0n) is 10.2. The first-order chi connectivity index (χ1) is 8.84. The molecule has 1 aromatic heterocycles. The molecule has 2 aromatic carbocycles. The normalized spacial score (nSPS) is 10.7. The monoisotopic (exact) mass is 238 g/mol. The lowest BCUT2D eigenvalue weighted by Crippen LogP contribution is -1.97. The summed E-state index contributed by atoms with van der Waals surface area (Å²) < 4.78 is 5.93. The van der Waals surface area contributed by atoms with Gasteiger partial charge in [0.1, 0.15) is 12.4 Å². The highest BCUT2D eigenvalue weighted by atomic mass is 16.5. The fourth-order valence-corrected chi connectivity index (χ4v) is 2.02. The van der Waals surface area contributed by atoms with Crippen molar-refractivity contribution in [3.05, 3.63) is 59.8 Å². The molecule has 0 aliphatic heterocycles. The van der Waals surface area contributed by atoms with Crippen LogP contribution in [0, 0.1) is 6.92 Å². The van der Waals surface area contributed by atoms with E-state index >= 15 is 0 Å². The molecule has 3 aromatic rings. The van der Waals surface area contributed by atoms with Gasteiger partial charge in [0.2, 0.25) is 0 Å². The minimum atomic E-state index is 0.575. The topological polar surface area (TPSA) is 37.9 Å². The molecule has 3 rings (SSSR count). The van der Waals surface area contributed by atoms with Gasteiger partial charge in [-0.15, -0.1) is 0 Å². The lowest BCUT2D eigenvalue weighted by Gasteiger charge is -2.10. The van der Waals surface area contributed by atoms with Gasteiger partial charge in [-0.1, -0.05) is 36.4 Å². The van der Waals surface area contributed by atoms with Crippen molar-refractivity contribution in [2.45, 2.75) is 13.5 Å². The number of rotatable bonds is 3. The van der Waals surface area contributed by atoms with Crippen LogP contribution in [0.2, 0.25) is 0 Å². The Kier molecular flexibility index (Phi) is 2.73. The van der Waals surface area contributed by atoms with Crippen LogP contribution in [0.3, 0.4) is 0 Å². The number of ether oxygens (including phenoxy) is 1. The Balaban J connectivity index is 1.90. The third-order valence-corrected chi connectivity index (χ3v) is 3.00. The third kappa shape index (κ3) is 1.95. The van der Waals surface area contributed by atoms with Crippen LogP contribution in [0.25, 0.3) is 10.9 Å². The van der Waals surface area contributed by atoms with Gasteiger partial charge in [-0.2, -0.15) is 5.10 Å². The Bertz CT molecular complexity index is 659. The van der Waals surface area contributed by atoms with E-state index in [1.54, 1.807) is 0 Å². The number of nitrogens with one attached hydrogen (secondary N) is 1. The molecule has 0 fully saturated rings. The average Bonchev–Trinajstić information content (AvgIpc) is 2.87. The van der Waals surface area contributed by atoms with Gasteiger partial charge in [0.05, 0.1) is 17.1 Å². The van der Waals surface area contributed by atoms with Crippen LogP contribution in [0.4, 0.5) is 0 Å². The SMILES string of the molecule is Cc1ccc2[nH]ncc2c1OCc1ccccc1. The molecule has 1 N–H and O–H groups in total. The molecule has 0 unspecified atom stereocenters. The van der Waals surface area contributed by atoms with E-state index in [9.17, 15) is 0 Å². The minimum Gasteiger partial charge on any atom is -0.488 e. The summed E-state index contributed by atoms with van der Waals surface area (Å²) in [6, 6.07) is 14.2. The maximum absolute atomic E-state index is 5.93. The molecule has 90 valence electrons. The van der Waals surface area contributed by atoms with Crippen molar-refractivity contribution in [2.24, 2.45) is 0 Å². The molecule has 0 atom stereocenters. The Morgan fingerprint density at radius 1 is 1.11 bits per heavy atom. The molecule has 18 heavy (non-hydrogen) atoms. The van der Waals surface area contributed by atoms with Crippen molar-refractivity contribution in [1.82, 2.24) is 10.2 Å². The van der Waals surface area contributed by atoms with Crippen LogP contribution in [-0.4, -0.2) is 10.2 Å². The minimum absolute atomic E-state index is 0.575. The molecule has 0 bridgehead atoms. The molecule has 0 radical (unpaired) electrons.